The molecular weight excluding hydrogens is 272 g/mol. The predicted molar refractivity (Wildman–Crippen MR) is 79.2 cm³/mol. The number of nitrogens with one attached hydrogen (secondary N) is 1. The van der Waals surface area contributed by atoms with E-state index in [0.717, 1.165) is 22.8 Å². The number of halogens is 2. The Bertz CT molecular complexity index is 632. The maximum Gasteiger partial charge on any atom is 0.130 e. The summed E-state index contributed by atoms with van der Waals surface area (Å²) in [5, 5.41) is 12.9. The molecule has 21 heavy (non-hydrogen) atoms. The van der Waals surface area contributed by atoms with Crippen LogP contribution in [0, 0.1) is 25.5 Å². The van der Waals surface area contributed by atoms with Gasteiger partial charge in [-0.15, -0.1) is 0 Å². The van der Waals surface area contributed by atoms with Gasteiger partial charge in [-0.2, -0.15) is 0 Å². The summed E-state index contributed by atoms with van der Waals surface area (Å²) < 4.78 is 26.6. The number of hydrogen-bond donors (Lipinski definition) is 2. The van der Waals surface area contributed by atoms with Gasteiger partial charge in [0.05, 0.1) is 0 Å². The van der Waals surface area contributed by atoms with Gasteiger partial charge in [0.1, 0.15) is 17.4 Å². The lowest BCUT2D eigenvalue weighted by atomic mass is 10.0. The van der Waals surface area contributed by atoms with Crippen LogP contribution in [0.1, 0.15) is 35.2 Å². The van der Waals surface area contributed by atoms with Crippen LogP contribution in [0.2, 0.25) is 0 Å². The second-order valence-corrected chi connectivity index (χ2v) is 5.35. The molecule has 2 N–H and O–H groups in total. The van der Waals surface area contributed by atoms with Gasteiger partial charge in [-0.1, -0.05) is 18.2 Å². The monoisotopic (exact) mass is 291 g/mol. The summed E-state index contributed by atoms with van der Waals surface area (Å²) in [6.45, 7) is 6.06. The van der Waals surface area contributed by atoms with Crippen molar-refractivity contribution < 1.29 is 13.9 Å². The second kappa shape index (κ2) is 6.22. The summed E-state index contributed by atoms with van der Waals surface area (Å²) >= 11 is 0. The van der Waals surface area contributed by atoms with Crippen molar-refractivity contribution in [2.45, 2.75) is 33.4 Å². The summed E-state index contributed by atoms with van der Waals surface area (Å²) in [4.78, 5) is 0. The Balaban J connectivity index is 2.09. The van der Waals surface area contributed by atoms with Gasteiger partial charge in [-0.05, 0) is 43.5 Å². The standard InChI is InChI=1S/C17H19F2NO/c1-10-6-13(7-11(2)17(10)21)9-20-12(3)15-5-4-14(18)8-16(15)19/h4-8,12,20-21H,9H2,1-3H3. The van der Waals surface area contributed by atoms with E-state index in [-0.39, 0.29) is 6.04 Å². The highest BCUT2D eigenvalue weighted by Gasteiger charge is 2.12. The number of aromatic hydroxyl groups is 1. The van der Waals surface area contributed by atoms with Crippen LogP contribution in [0.3, 0.4) is 0 Å². The highest BCUT2D eigenvalue weighted by atomic mass is 19.1. The highest BCUT2D eigenvalue weighted by molar-refractivity contribution is 5.42. The van der Waals surface area contributed by atoms with Crippen molar-refractivity contribution in [2.75, 3.05) is 0 Å². The molecule has 0 fully saturated rings. The number of benzene rings is 2. The molecule has 0 bridgehead atoms. The number of phenolic OH excluding ortho intramolecular Hbond substituents is 1. The van der Waals surface area contributed by atoms with Crippen molar-refractivity contribution in [2.24, 2.45) is 0 Å². The quantitative estimate of drug-likeness (QED) is 0.887. The third-order valence-corrected chi connectivity index (χ3v) is 3.59. The first-order valence-electron chi connectivity index (χ1n) is 6.86. The minimum Gasteiger partial charge on any atom is -0.507 e. The molecule has 2 aromatic carbocycles. The Morgan fingerprint density at radius 1 is 1.10 bits per heavy atom. The molecular formula is C17H19F2NO. The van der Waals surface area contributed by atoms with E-state index >= 15 is 0 Å². The van der Waals surface area contributed by atoms with Crippen molar-refractivity contribution >= 4 is 0 Å². The first-order chi connectivity index (χ1) is 9.88. The van der Waals surface area contributed by atoms with E-state index in [9.17, 15) is 13.9 Å². The van der Waals surface area contributed by atoms with Crippen LogP contribution in [-0.4, -0.2) is 5.11 Å². The highest BCUT2D eigenvalue weighted by Crippen LogP contribution is 2.24. The zero-order chi connectivity index (χ0) is 15.6. The smallest absolute Gasteiger partial charge is 0.130 e. The molecule has 1 atom stereocenters. The fraction of sp³-hybridized carbons (Fsp3) is 0.294. The van der Waals surface area contributed by atoms with E-state index in [1.165, 1.54) is 12.1 Å². The van der Waals surface area contributed by atoms with Gasteiger partial charge in [0.15, 0.2) is 0 Å². The Kier molecular flexibility index (Phi) is 4.58. The van der Waals surface area contributed by atoms with Crippen LogP contribution in [-0.2, 0) is 6.54 Å². The van der Waals surface area contributed by atoms with Crippen LogP contribution in [0.5, 0.6) is 5.75 Å². The molecule has 0 aliphatic carbocycles. The first-order valence-corrected chi connectivity index (χ1v) is 6.86. The Hall–Kier alpha value is -1.94. The average Bonchev–Trinajstić information content (AvgIpc) is 2.42. The molecule has 0 aromatic heterocycles. The molecule has 0 aliphatic rings. The van der Waals surface area contributed by atoms with Gasteiger partial charge >= 0.3 is 0 Å². The molecule has 112 valence electrons. The van der Waals surface area contributed by atoms with Crippen LogP contribution >= 0.6 is 0 Å². The third-order valence-electron chi connectivity index (χ3n) is 3.59. The van der Waals surface area contributed by atoms with Gasteiger partial charge in [-0.25, -0.2) is 8.78 Å². The van der Waals surface area contributed by atoms with Crippen molar-refractivity contribution in [3.63, 3.8) is 0 Å². The molecule has 4 heteroatoms. The fourth-order valence-corrected chi connectivity index (χ4v) is 2.38. The van der Waals surface area contributed by atoms with Crippen molar-refractivity contribution in [1.82, 2.24) is 5.32 Å². The van der Waals surface area contributed by atoms with E-state index in [0.29, 0.717) is 17.9 Å². The lowest BCUT2D eigenvalue weighted by Crippen LogP contribution is -2.19. The molecule has 0 heterocycles. The summed E-state index contributed by atoms with van der Waals surface area (Å²) in [5.74, 6) is -0.822. The second-order valence-electron chi connectivity index (χ2n) is 5.35. The predicted octanol–water partition coefficient (Wildman–Crippen LogP) is 4.14. The molecule has 0 aliphatic heterocycles. The Morgan fingerprint density at radius 3 is 2.29 bits per heavy atom. The molecule has 0 radical (unpaired) electrons. The van der Waals surface area contributed by atoms with E-state index in [4.69, 9.17) is 0 Å². The van der Waals surface area contributed by atoms with E-state index in [2.05, 4.69) is 5.32 Å². The Labute approximate surface area is 123 Å². The summed E-state index contributed by atoms with van der Waals surface area (Å²) in [5.41, 5.74) is 3.07. The van der Waals surface area contributed by atoms with Crippen molar-refractivity contribution in [3.8, 4) is 5.75 Å². The molecule has 2 nitrogen and oxygen atoms in total. The molecule has 0 saturated heterocycles. The molecule has 0 spiro atoms. The maximum atomic E-state index is 13.7. The number of aryl methyl sites for hydroxylation is 2. The van der Waals surface area contributed by atoms with Crippen LogP contribution in [0.15, 0.2) is 30.3 Å². The van der Waals surface area contributed by atoms with Gasteiger partial charge < -0.3 is 10.4 Å². The molecule has 0 amide bonds. The summed E-state index contributed by atoms with van der Waals surface area (Å²) in [7, 11) is 0. The number of rotatable bonds is 4. The maximum absolute atomic E-state index is 13.7. The van der Waals surface area contributed by atoms with Crippen molar-refractivity contribution in [3.05, 3.63) is 64.2 Å². The van der Waals surface area contributed by atoms with Crippen molar-refractivity contribution in [1.29, 1.82) is 0 Å². The zero-order valence-electron chi connectivity index (χ0n) is 12.4. The molecule has 2 rings (SSSR count). The van der Waals surface area contributed by atoms with Crippen LogP contribution < -0.4 is 5.32 Å². The third kappa shape index (κ3) is 3.58. The van der Waals surface area contributed by atoms with E-state index < -0.39 is 11.6 Å². The lowest BCUT2D eigenvalue weighted by molar-refractivity contribution is 0.466. The SMILES string of the molecule is Cc1cc(CNC(C)c2ccc(F)cc2F)cc(C)c1O. The van der Waals surface area contributed by atoms with E-state index in [1.54, 1.807) is 0 Å². The van der Waals surface area contributed by atoms with Gasteiger partial charge in [0.2, 0.25) is 0 Å². The summed E-state index contributed by atoms with van der Waals surface area (Å²) in [6.07, 6.45) is 0. The lowest BCUT2D eigenvalue weighted by Gasteiger charge is -2.16. The molecule has 2 aromatic rings. The van der Waals surface area contributed by atoms with Crippen LogP contribution in [0.4, 0.5) is 8.78 Å². The molecule has 1 unspecified atom stereocenters. The van der Waals surface area contributed by atoms with Gasteiger partial charge in [0, 0.05) is 24.2 Å². The summed E-state index contributed by atoms with van der Waals surface area (Å²) in [6, 6.07) is 7.15. The number of phenols is 1. The van der Waals surface area contributed by atoms with Gasteiger partial charge in [-0.3, -0.25) is 0 Å². The largest absolute Gasteiger partial charge is 0.507 e. The molecule has 0 saturated carbocycles. The van der Waals surface area contributed by atoms with Crippen LogP contribution in [0.25, 0.3) is 0 Å². The average molecular weight is 291 g/mol. The van der Waals surface area contributed by atoms with Gasteiger partial charge in [0.25, 0.3) is 0 Å². The Morgan fingerprint density at radius 2 is 1.71 bits per heavy atom. The minimum absolute atomic E-state index is 0.236. The number of hydrogen-bond acceptors (Lipinski definition) is 2. The first kappa shape index (κ1) is 15.4. The van der Waals surface area contributed by atoms with E-state index in [1.807, 2.05) is 32.9 Å². The zero-order valence-corrected chi connectivity index (χ0v) is 12.4. The minimum atomic E-state index is -0.576. The fourth-order valence-electron chi connectivity index (χ4n) is 2.38. The topological polar surface area (TPSA) is 32.3 Å². The normalized spacial score (nSPS) is 12.4.